The predicted octanol–water partition coefficient (Wildman–Crippen LogP) is 2.66. The van der Waals surface area contributed by atoms with Crippen molar-refractivity contribution in [2.75, 3.05) is 5.73 Å². The summed E-state index contributed by atoms with van der Waals surface area (Å²) in [5, 5.41) is 4.10. The average Bonchev–Trinajstić information content (AvgIpc) is 2.52. The Kier molecular flexibility index (Phi) is 2.48. The summed E-state index contributed by atoms with van der Waals surface area (Å²) in [5.74, 6) is 0.186. The molecule has 0 saturated heterocycles. The van der Waals surface area contributed by atoms with Crippen molar-refractivity contribution in [3.8, 4) is 5.69 Å². The van der Waals surface area contributed by atoms with E-state index in [2.05, 4.69) is 21.0 Å². The van der Waals surface area contributed by atoms with Crippen LogP contribution in [0.5, 0.6) is 0 Å². The Morgan fingerprint density at radius 3 is 2.73 bits per heavy atom. The zero-order valence-corrected chi connectivity index (χ0v) is 9.62. The summed E-state index contributed by atoms with van der Waals surface area (Å²) in [4.78, 5) is 0. The Labute approximate surface area is 94.8 Å². The smallest absolute Gasteiger partial charge is 0.148 e. The van der Waals surface area contributed by atoms with E-state index in [9.17, 15) is 4.39 Å². The normalized spacial score (nSPS) is 10.6. The average molecular weight is 270 g/mol. The number of hydrogen-bond acceptors (Lipinski definition) is 2. The number of anilines is 1. The molecule has 0 aliphatic rings. The number of aryl methyl sites for hydroxylation is 1. The second kappa shape index (κ2) is 3.66. The SMILES string of the molecule is Cc1cn(-c2ccc(F)c(Br)c2)nc1N. The topological polar surface area (TPSA) is 43.8 Å². The van der Waals surface area contributed by atoms with Gasteiger partial charge in [0.05, 0.1) is 10.2 Å². The number of benzene rings is 1. The van der Waals surface area contributed by atoms with Crippen LogP contribution in [0.1, 0.15) is 5.56 Å². The van der Waals surface area contributed by atoms with Gasteiger partial charge in [-0.1, -0.05) is 0 Å². The van der Waals surface area contributed by atoms with Crippen molar-refractivity contribution < 1.29 is 4.39 Å². The predicted molar refractivity (Wildman–Crippen MR) is 60.4 cm³/mol. The summed E-state index contributed by atoms with van der Waals surface area (Å²) in [7, 11) is 0. The maximum atomic E-state index is 13.0. The number of nitrogens with zero attached hydrogens (tertiary/aromatic N) is 2. The van der Waals surface area contributed by atoms with Crippen molar-refractivity contribution >= 4 is 21.7 Å². The summed E-state index contributed by atoms with van der Waals surface area (Å²) < 4.78 is 15.0. The van der Waals surface area contributed by atoms with Crippen LogP contribution in [-0.2, 0) is 0 Å². The van der Waals surface area contributed by atoms with Gasteiger partial charge in [0.25, 0.3) is 0 Å². The fraction of sp³-hybridized carbons (Fsp3) is 0.100. The van der Waals surface area contributed by atoms with Gasteiger partial charge in [-0.3, -0.25) is 0 Å². The number of nitrogens with two attached hydrogens (primary N) is 1. The minimum absolute atomic E-state index is 0.296. The van der Waals surface area contributed by atoms with Gasteiger partial charge in [-0.15, -0.1) is 0 Å². The highest BCUT2D eigenvalue weighted by atomic mass is 79.9. The van der Waals surface area contributed by atoms with Crippen molar-refractivity contribution in [1.29, 1.82) is 0 Å². The molecule has 0 aliphatic carbocycles. The van der Waals surface area contributed by atoms with Gasteiger partial charge in [-0.05, 0) is 41.1 Å². The molecule has 15 heavy (non-hydrogen) atoms. The van der Waals surface area contributed by atoms with Crippen molar-refractivity contribution in [2.45, 2.75) is 6.92 Å². The molecule has 0 unspecified atom stereocenters. The highest BCUT2D eigenvalue weighted by molar-refractivity contribution is 9.10. The third-order valence-corrected chi connectivity index (χ3v) is 2.71. The minimum atomic E-state index is -0.296. The van der Waals surface area contributed by atoms with Crippen molar-refractivity contribution in [3.05, 3.63) is 40.2 Å². The molecule has 1 aromatic heterocycles. The van der Waals surface area contributed by atoms with E-state index < -0.39 is 0 Å². The van der Waals surface area contributed by atoms with Gasteiger partial charge in [-0.2, -0.15) is 5.10 Å². The van der Waals surface area contributed by atoms with Gasteiger partial charge < -0.3 is 5.73 Å². The van der Waals surface area contributed by atoms with E-state index in [1.807, 2.05) is 6.92 Å². The first-order chi connectivity index (χ1) is 7.08. The zero-order chi connectivity index (χ0) is 11.0. The number of nitrogen functional groups attached to an aromatic ring is 1. The lowest BCUT2D eigenvalue weighted by Gasteiger charge is -2.01. The molecule has 0 fully saturated rings. The summed E-state index contributed by atoms with van der Waals surface area (Å²) in [6, 6.07) is 4.68. The lowest BCUT2D eigenvalue weighted by atomic mass is 10.3. The van der Waals surface area contributed by atoms with Crippen LogP contribution in [-0.4, -0.2) is 9.78 Å². The molecule has 2 N–H and O–H groups in total. The van der Waals surface area contributed by atoms with Crippen LogP contribution in [0.4, 0.5) is 10.2 Å². The molecule has 2 rings (SSSR count). The van der Waals surface area contributed by atoms with Gasteiger partial charge >= 0.3 is 0 Å². The molecule has 3 nitrogen and oxygen atoms in total. The number of rotatable bonds is 1. The summed E-state index contributed by atoms with van der Waals surface area (Å²) in [6.07, 6.45) is 1.80. The minimum Gasteiger partial charge on any atom is -0.382 e. The van der Waals surface area contributed by atoms with Crippen molar-refractivity contribution in [3.63, 3.8) is 0 Å². The van der Waals surface area contributed by atoms with Crippen LogP contribution in [0.15, 0.2) is 28.9 Å². The largest absolute Gasteiger partial charge is 0.382 e. The molecule has 0 aliphatic heterocycles. The molecular weight excluding hydrogens is 261 g/mol. The lowest BCUT2D eigenvalue weighted by molar-refractivity contribution is 0.620. The second-order valence-corrected chi connectivity index (χ2v) is 4.09. The summed E-state index contributed by atoms with van der Waals surface area (Å²) in [6.45, 7) is 1.87. The molecular formula is C10H9BrFN3. The van der Waals surface area contributed by atoms with Crippen LogP contribution < -0.4 is 5.73 Å². The Bertz CT molecular complexity index is 488. The van der Waals surface area contributed by atoms with Gasteiger partial charge in [0.2, 0.25) is 0 Å². The first-order valence-electron chi connectivity index (χ1n) is 4.35. The third kappa shape index (κ3) is 1.87. The molecule has 0 spiro atoms. The van der Waals surface area contributed by atoms with E-state index in [0.29, 0.717) is 10.3 Å². The molecule has 0 saturated carbocycles. The highest BCUT2D eigenvalue weighted by Crippen LogP contribution is 2.20. The standard InChI is InChI=1S/C10H9BrFN3/c1-6-5-15(14-10(6)13)7-2-3-9(12)8(11)4-7/h2-5H,1H3,(H2,13,14). The Hall–Kier alpha value is -1.36. The highest BCUT2D eigenvalue weighted by Gasteiger charge is 2.05. The molecule has 0 radical (unpaired) electrons. The number of hydrogen-bond donors (Lipinski definition) is 1. The van der Waals surface area contributed by atoms with Gasteiger partial charge in [0, 0.05) is 11.8 Å². The molecule has 1 aromatic carbocycles. The molecule has 0 atom stereocenters. The Morgan fingerprint density at radius 2 is 2.20 bits per heavy atom. The number of aromatic nitrogens is 2. The zero-order valence-electron chi connectivity index (χ0n) is 8.04. The molecule has 0 bridgehead atoms. The van der Waals surface area contributed by atoms with E-state index in [1.54, 1.807) is 23.0 Å². The van der Waals surface area contributed by atoms with Crippen LogP contribution in [0.25, 0.3) is 5.69 Å². The third-order valence-electron chi connectivity index (χ3n) is 2.10. The van der Waals surface area contributed by atoms with Crippen LogP contribution >= 0.6 is 15.9 Å². The van der Waals surface area contributed by atoms with Crippen LogP contribution in [0.3, 0.4) is 0 Å². The first-order valence-corrected chi connectivity index (χ1v) is 5.14. The fourth-order valence-electron chi connectivity index (χ4n) is 1.23. The molecule has 2 aromatic rings. The van der Waals surface area contributed by atoms with E-state index >= 15 is 0 Å². The quantitative estimate of drug-likeness (QED) is 0.865. The van der Waals surface area contributed by atoms with Crippen LogP contribution in [0.2, 0.25) is 0 Å². The Balaban J connectivity index is 2.49. The van der Waals surface area contributed by atoms with Crippen LogP contribution in [0, 0.1) is 12.7 Å². The molecule has 5 heteroatoms. The molecule has 78 valence electrons. The van der Waals surface area contributed by atoms with E-state index in [-0.39, 0.29) is 5.82 Å². The lowest BCUT2D eigenvalue weighted by Crippen LogP contribution is -1.96. The van der Waals surface area contributed by atoms with Crippen molar-refractivity contribution in [1.82, 2.24) is 9.78 Å². The van der Waals surface area contributed by atoms with Gasteiger partial charge in [-0.25, -0.2) is 9.07 Å². The van der Waals surface area contributed by atoms with E-state index in [1.165, 1.54) is 6.07 Å². The molecule has 0 amide bonds. The van der Waals surface area contributed by atoms with Gasteiger partial charge in [0.1, 0.15) is 11.6 Å². The number of halogens is 2. The summed E-state index contributed by atoms with van der Waals surface area (Å²) in [5.41, 5.74) is 7.29. The van der Waals surface area contributed by atoms with E-state index in [4.69, 9.17) is 5.73 Å². The van der Waals surface area contributed by atoms with E-state index in [0.717, 1.165) is 11.3 Å². The first kappa shape index (κ1) is 10.2. The second-order valence-electron chi connectivity index (χ2n) is 3.24. The summed E-state index contributed by atoms with van der Waals surface area (Å²) >= 11 is 3.12. The maximum absolute atomic E-state index is 13.0. The fourth-order valence-corrected chi connectivity index (χ4v) is 1.60. The van der Waals surface area contributed by atoms with Crippen molar-refractivity contribution in [2.24, 2.45) is 0 Å². The molecule has 1 heterocycles. The van der Waals surface area contributed by atoms with Gasteiger partial charge in [0.15, 0.2) is 0 Å². The Morgan fingerprint density at radius 1 is 1.47 bits per heavy atom. The monoisotopic (exact) mass is 269 g/mol. The maximum Gasteiger partial charge on any atom is 0.148 e.